The van der Waals surface area contributed by atoms with E-state index in [1.54, 1.807) is 0 Å². The van der Waals surface area contributed by atoms with Crippen molar-refractivity contribution in [3.63, 3.8) is 0 Å². The molecule has 1 heterocycles. The lowest BCUT2D eigenvalue weighted by molar-refractivity contribution is 0.669. The van der Waals surface area contributed by atoms with E-state index in [-0.39, 0.29) is 0 Å². The predicted octanol–water partition coefficient (Wildman–Crippen LogP) is 15.9. The molecule has 0 fully saturated rings. The van der Waals surface area contributed by atoms with Crippen LogP contribution >= 0.6 is 0 Å². The van der Waals surface area contributed by atoms with E-state index in [0.717, 1.165) is 27.5 Å². The van der Waals surface area contributed by atoms with Gasteiger partial charge < -0.3 is 4.42 Å². The van der Waals surface area contributed by atoms with Crippen molar-refractivity contribution in [1.82, 2.24) is 0 Å². The summed E-state index contributed by atoms with van der Waals surface area (Å²) in [5.41, 5.74) is 16.2. The van der Waals surface area contributed by atoms with Gasteiger partial charge in [-0.15, -0.1) is 0 Å². The second kappa shape index (κ2) is 13.7. The minimum Gasteiger partial charge on any atom is -0.456 e. The summed E-state index contributed by atoms with van der Waals surface area (Å²) in [4.78, 5) is 0. The maximum absolute atomic E-state index is 6.29. The fourth-order valence-electron chi connectivity index (χ4n) is 8.89. The van der Waals surface area contributed by atoms with E-state index in [0.29, 0.717) is 0 Å². The molecule has 0 atom stereocenters. The third-order valence-corrected chi connectivity index (χ3v) is 11.5. The van der Waals surface area contributed by atoms with Gasteiger partial charge in [0.1, 0.15) is 11.2 Å². The highest BCUT2D eigenvalue weighted by molar-refractivity contribution is 6.24. The van der Waals surface area contributed by atoms with Crippen molar-refractivity contribution in [3.8, 4) is 66.8 Å². The first-order chi connectivity index (χ1) is 28.3. The quantitative estimate of drug-likeness (QED) is 0.156. The molecule has 11 aromatic rings. The monoisotopic (exact) mass is 724 g/mol. The maximum atomic E-state index is 6.29. The number of rotatable bonds is 6. The van der Waals surface area contributed by atoms with E-state index in [4.69, 9.17) is 4.42 Å². The van der Waals surface area contributed by atoms with Gasteiger partial charge in [0.05, 0.1) is 0 Å². The Balaban J connectivity index is 1.24. The number of hydrogen-bond acceptors (Lipinski definition) is 1. The minimum absolute atomic E-state index is 0.897. The van der Waals surface area contributed by atoms with Crippen LogP contribution in [0.25, 0.3) is 110 Å². The van der Waals surface area contributed by atoms with Crippen LogP contribution in [0.1, 0.15) is 0 Å². The zero-order valence-electron chi connectivity index (χ0n) is 31.2. The Morgan fingerprint density at radius 3 is 1.23 bits per heavy atom. The average molecular weight is 725 g/mol. The minimum atomic E-state index is 0.897. The standard InChI is InChI=1S/C56H36O/c1-4-17-37(18-5-1)41-33-42(38-19-6-2-7-20-38)35-43(34-41)54-47-24-10-12-26-49(47)56(50-27-13-11-25-48(50)54)55-44(39-21-8-3-9-22-39)28-16-29-45(55)40-31-32-53-51(36-40)46-23-14-15-30-52(46)57-53/h1-36H. The Bertz CT molecular complexity index is 3150. The molecule has 0 saturated carbocycles. The van der Waals surface area contributed by atoms with Crippen molar-refractivity contribution < 1.29 is 4.42 Å². The zero-order chi connectivity index (χ0) is 37.7. The first-order valence-corrected chi connectivity index (χ1v) is 19.6. The van der Waals surface area contributed by atoms with E-state index in [1.807, 2.05) is 6.07 Å². The lowest BCUT2D eigenvalue weighted by atomic mass is 9.80. The van der Waals surface area contributed by atoms with Crippen molar-refractivity contribution in [1.29, 1.82) is 0 Å². The number of furan rings is 1. The molecule has 0 N–H and O–H groups in total. The zero-order valence-corrected chi connectivity index (χ0v) is 31.2. The second-order valence-corrected chi connectivity index (χ2v) is 14.8. The molecule has 57 heavy (non-hydrogen) atoms. The summed E-state index contributed by atoms with van der Waals surface area (Å²) in [6.45, 7) is 0. The van der Waals surface area contributed by atoms with Gasteiger partial charge in [0, 0.05) is 10.8 Å². The summed E-state index contributed by atoms with van der Waals surface area (Å²) in [5, 5.41) is 7.13. The number of fused-ring (bicyclic) bond motifs is 5. The van der Waals surface area contributed by atoms with Crippen LogP contribution in [0.5, 0.6) is 0 Å². The van der Waals surface area contributed by atoms with Crippen molar-refractivity contribution in [3.05, 3.63) is 218 Å². The number of para-hydroxylation sites is 1. The molecule has 1 nitrogen and oxygen atoms in total. The highest BCUT2D eigenvalue weighted by atomic mass is 16.3. The Kier molecular flexibility index (Phi) is 7.89. The topological polar surface area (TPSA) is 13.1 Å². The molecular weight excluding hydrogens is 689 g/mol. The van der Waals surface area contributed by atoms with Crippen LogP contribution in [-0.2, 0) is 0 Å². The third-order valence-electron chi connectivity index (χ3n) is 11.5. The maximum Gasteiger partial charge on any atom is 0.135 e. The van der Waals surface area contributed by atoms with E-state index in [1.165, 1.54) is 82.7 Å². The van der Waals surface area contributed by atoms with Gasteiger partial charge in [-0.3, -0.25) is 0 Å². The van der Waals surface area contributed by atoms with Crippen LogP contribution in [0.15, 0.2) is 223 Å². The molecule has 10 aromatic carbocycles. The predicted molar refractivity (Wildman–Crippen MR) is 241 cm³/mol. The highest BCUT2D eigenvalue weighted by Crippen LogP contribution is 2.50. The molecular formula is C56H36O. The van der Waals surface area contributed by atoms with Gasteiger partial charge in [0.15, 0.2) is 0 Å². The van der Waals surface area contributed by atoms with Crippen molar-refractivity contribution >= 4 is 43.5 Å². The highest BCUT2D eigenvalue weighted by Gasteiger charge is 2.23. The van der Waals surface area contributed by atoms with E-state index in [2.05, 4.69) is 212 Å². The van der Waals surface area contributed by atoms with Gasteiger partial charge in [-0.1, -0.05) is 182 Å². The van der Waals surface area contributed by atoms with Gasteiger partial charge in [0.25, 0.3) is 0 Å². The molecule has 0 saturated heterocycles. The molecule has 0 unspecified atom stereocenters. The molecule has 0 amide bonds. The van der Waals surface area contributed by atoms with Crippen molar-refractivity contribution in [2.75, 3.05) is 0 Å². The number of hydrogen-bond donors (Lipinski definition) is 0. The van der Waals surface area contributed by atoms with E-state index < -0.39 is 0 Å². The Hall–Kier alpha value is -7.48. The molecule has 1 aromatic heterocycles. The van der Waals surface area contributed by atoms with Gasteiger partial charge in [-0.25, -0.2) is 0 Å². The van der Waals surface area contributed by atoms with Crippen molar-refractivity contribution in [2.45, 2.75) is 0 Å². The summed E-state index contributed by atoms with van der Waals surface area (Å²) in [6, 6.07) is 79.2. The summed E-state index contributed by atoms with van der Waals surface area (Å²) in [5.74, 6) is 0. The van der Waals surface area contributed by atoms with Gasteiger partial charge in [-0.2, -0.15) is 0 Å². The van der Waals surface area contributed by atoms with Crippen LogP contribution < -0.4 is 0 Å². The smallest absolute Gasteiger partial charge is 0.135 e. The summed E-state index contributed by atoms with van der Waals surface area (Å²) in [6.07, 6.45) is 0. The first-order valence-electron chi connectivity index (χ1n) is 19.6. The first kappa shape index (κ1) is 32.9. The van der Waals surface area contributed by atoms with Crippen molar-refractivity contribution in [2.24, 2.45) is 0 Å². The van der Waals surface area contributed by atoms with Gasteiger partial charge in [-0.05, 0) is 125 Å². The second-order valence-electron chi connectivity index (χ2n) is 14.8. The largest absolute Gasteiger partial charge is 0.456 e. The molecule has 0 spiro atoms. The van der Waals surface area contributed by atoms with E-state index >= 15 is 0 Å². The molecule has 0 radical (unpaired) electrons. The summed E-state index contributed by atoms with van der Waals surface area (Å²) in [7, 11) is 0. The van der Waals surface area contributed by atoms with Gasteiger partial charge in [0.2, 0.25) is 0 Å². The SMILES string of the molecule is c1ccc(-c2cc(-c3ccccc3)cc(-c3c4ccccc4c(-c4c(-c5ccccc5)cccc4-c4ccc5oc6ccccc6c5c4)c4ccccc34)c2)cc1. The van der Waals surface area contributed by atoms with Crippen LogP contribution in [0.4, 0.5) is 0 Å². The molecule has 0 aliphatic rings. The Labute approximate surface area is 331 Å². The van der Waals surface area contributed by atoms with E-state index in [9.17, 15) is 0 Å². The summed E-state index contributed by atoms with van der Waals surface area (Å²) >= 11 is 0. The molecule has 0 aliphatic carbocycles. The molecule has 0 bridgehead atoms. The van der Waals surface area contributed by atoms with Crippen LogP contribution in [0, 0.1) is 0 Å². The molecule has 1 heteroatoms. The number of benzene rings is 10. The summed E-state index contributed by atoms with van der Waals surface area (Å²) < 4.78 is 6.29. The molecule has 11 rings (SSSR count). The van der Waals surface area contributed by atoms with Crippen LogP contribution in [0.3, 0.4) is 0 Å². The Morgan fingerprint density at radius 2 is 0.649 bits per heavy atom. The third kappa shape index (κ3) is 5.63. The molecule has 0 aliphatic heterocycles. The van der Waals surface area contributed by atoms with Gasteiger partial charge >= 0.3 is 0 Å². The lowest BCUT2D eigenvalue weighted by Crippen LogP contribution is -1.96. The normalized spacial score (nSPS) is 11.5. The lowest BCUT2D eigenvalue weighted by Gasteiger charge is -2.23. The Morgan fingerprint density at radius 1 is 0.211 bits per heavy atom. The van der Waals surface area contributed by atoms with Crippen LogP contribution in [0.2, 0.25) is 0 Å². The van der Waals surface area contributed by atoms with Crippen LogP contribution in [-0.4, -0.2) is 0 Å². The molecule has 266 valence electrons. The fraction of sp³-hybridized carbons (Fsp3) is 0. The fourth-order valence-corrected chi connectivity index (χ4v) is 8.89. The average Bonchev–Trinajstić information content (AvgIpc) is 3.67.